The lowest BCUT2D eigenvalue weighted by atomic mass is 10.0. The van der Waals surface area contributed by atoms with Crippen LogP contribution in [0.1, 0.15) is 56.6 Å². The van der Waals surface area contributed by atoms with Crippen LogP contribution in [0.15, 0.2) is 48.7 Å². The number of unbranched alkanes of at least 4 members (excludes halogenated alkanes) is 5. The predicted molar refractivity (Wildman–Crippen MR) is 120 cm³/mol. The number of hydrogen-bond acceptors (Lipinski definition) is 1. The molecule has 0 unspecified atom stereocenters. The first kappa shape index (κ1) is 20.7. The van der Waals surface area contributed by atoms with Gasteiger partial charge in [0.1, 0.15) is 0 Å². The van der Waals surface area contributed by atoms with Crippen LogP contribution in [-0.2, 0) is 17.8 Å². The van der Waals surface area contributed by atoms with E-state index in [4.69, 9.17) is 11.6 Å². The molecule has 0 fully saturated rings. The van der Waals surface area contributed by atoms with E-state index in [1.807, 2.05) is 0 Å². The summed E-state index contributed by atoms with van der Waals surface area (Å²) in [5.41, 5.74) is 5.84. The molecule has 0 saturated heterocycles. The first-order valence-corrected chi connectivity index (χ1v) is 10.8. The number of aryl methyl sites for hydroxylation is 2. The first-order chi connectivity index (χ1) is 13.6. The largest absolute Gasteiger partial charge is 0.347 e. The predicted octanol–water partition coefficient (Wildman–Crippen LogP) is 7.29. The summed E-state index contributed by atoms with van der Waals surface area (Å²) in [4.78, 5) is 11.6. The molecule has 0 aliphatic heterocycles. The highest BCUT2D eigenvalue weighted by atomic mass is 35.5. The van der Waals surface area contributed by atoms with Crippen LogP contribution in [0.2, 0.25) is 0 Å². The summed E-state index contributed by atoms with van der Waals surface area (Å²) in [5.74, 6) is 0. The maximum absolute atomic E-state index is 11.6. The summed E-state index contributed by atoms with van der Waals surface area (Å²) in [7, 11) is 0. The van der Waals surface area contributed by atoms with Crippen LogP contribution >= 0.6 is 11.6 Å². The van der Waals surface area contributed by atoms with Crippen LogP contribution in [0.5, 0.6) is 0 Å². The van der Waals surface area contributed by atoms with Crippen molar-refractivity contribution in [2.24, 2.45) is 0 Å². The normalized spacial score (nSPS) is 11.2. The van der Waals surface area contributed by atoms with Crippen LogP contribution in [0.25, 0.3) is 22.0 Å². The number of carbonyl (C=O) groups is 1. The van der Waals surface area contributed by atoms with Gasteiger partial charge in [-0.15, -0.1) is 0 Å². The van der Waals surface area contributed by atoms with Crippen LogP contribution in [0, 0.1) is 6.92 Å². The molecule has 2 aromatic carbocycles. The molecule has 0 N–H and O–H groups in total. The molecule has 3 heteroatoms. The Labute approximate surface area is 173 Å². The van der Waals surface area contributed by atoms with Gasteiger partial charge in [0.25, 0.3) is 0 Å². The maximum Gasteiger partial charge on any atom is 0.226 e. The van der Waals surface area contributed by atoms with Gasteiger partial charge in [-0.3, -0.25) is 4.79 Å². The number of halogens is 1. The third kappa shape index (κ3) is 5.26. The zero-order valence-corrected chi connectivity index (χ0v) is 17.8. The molecule has 0 aliphatic rings. The molecule has 3 rings (SSSR count). The van der Waals surface area contributed by atoms with E-state index in [0.717, 1.165) is 17.5 Å². The molecule has 2 nitrogen and oxygen atoms in total. The Kier molecular flexibility index (Phi) is 7.33. The second-order valence-corrected chi connectivity index (χ2v) is 8.17. The van der Waals surface area contributed by atoms with Crippen molar-refractivity contribution in [1.82, 2.24) is 4.57 Å². The molecule has 148 valence electrons. The maximum atomic E-state index is 11.6. The van der Waals surface area contributed by atoms with Crippen molar-refractivity contribution >= 4 is 27.7 Å². The lowest BCUT2D eigenvalue weighted by molar-refractivity contribution is -0.111. The molecule has 0 atom stereocenters. The minimum atomic E-state index is -0.306. The van der Waals surface area contributed by atoms with Crippen molar-refractivity contribution in [3.05, 3.63) is 59.8 Å². The van der Waals surface area contributed by atoms with Gasteiger partial charge >= 0.3 is 0 Å². The van der Waals surface area contributed by atoms with Gasteiger partial charge < -0.3 is 4.57 Å². The number of hydrogen-bond donors (Lipinski definition) is 0. The lowest BCUT2D eigenvalue weighted by Gasteiger charge is -2.07. The van der Waals surface area contributed by atoms with Crippen molar-refractivity contribution < 1.29 is 4.79 Å². The van der Waals surface area contributed by atoms with E-state index in [1.165, 1.54) is 60.7 Å². The average Bonchev–Trinajstić information content (AvgIpc) is 3.01. The molecular weight excluding hydrogens is 366 g/mol. The minimum Gasteiger partial charge on any atom is -0.347 e. The van der Waals surface area contributed by atoms with E-state index in [-0.39, 0.29) is 11.7 Å². The number of rotatable bonds is 10. The fraction of sp³-hybridized carbons (Fsp3) is 0.400. The Balaban J connectivity index is 1.85. The minimum absolute atomic E-state index is 0.277. The van der Waals surface area contributed by atoms with Gasteiger partial charge in [-0.25, -0.2) is 0 Å². The van der Waals surface area contributed by atoms with E-state index in [0.29, 0.717) is 0 Å². The van der Waals surface area contributed by atoms with Crippen LogP contribution < -0.4 is 0 Å². The molecule has 28 heavy (non-hydrogen) atoms. The molecule has 0 spiro atoms. The molecule has 3 aromatic rings. The van der Waals surface area contributed by atoms with Crippen LogP contribution in [0.3, 0.4) is 0 Å². The van der Waals surface area contributed by atoms with Crippen LogP contribution in [0.4, 0.5) is 0 Å². The Bertz CT molecular complexity index is 941. The number of carbonyl (C=O) groups excluding carboxylic acids is 1. The second kappa shape index (κ2) is 9.93. The molecule has 0 saturated carbocycles. The Hall–Kier alpha value is -2.06. The summed E-state index contributed by atoms with van der Waals surface area (Å²) in [6, 6.07) is 15.1. The smallest absolute Gasteiger partial charge is 0.226 e. The highest BCUT2D eigenvalue weighted by Crippen LogP contribution is 2.29. The summed E-state index contributed by atoms with van der Waals surface area (Å²) in [6.07, 6.45) is 10.1. The molecule has 0 aliphatic carbocycles. The van der Waals surface area contributed by atoms with Crippen molar-refractivity contribution in [3.63, 3.8) is 0 Å². The van der Waals surface area contributed by atoms with Crippen molar-refractivity contribution in [2.75, 3.05) is 0 Å². The molecule has 0 amide bonds. The van der Waals surface area contributed by atoms with E-state index in [9.17, 15) is 4.79 Å². The van der Waals surface area contributed by atoms with Gasteiger partial charge in [0.05, 0.1) is 0 Å². The Morgan fingerprint density at radius 1 is 0.964 bits per heavy atom. The van der Waals surface area contributed by atoms with Crippen molar-refractivity contribution in [2.45, 2.75) is 65.3 Å². The summed E-state index contributed by atoms with van der Waals surface area (Å²) >= 11 is 5.73. The molecule has 1 aromatic heterocycles. The van der Waals surface area contributed by atoms with Crippen molar-refractivity contribution in [3.8, 4) is 11.1 Å². The topological polar surface area (TPSA) is 22.0 Å². The number of nitrogens with zero attached hydrogens (tertiary/aromatic N) is 1. The zero-order valence-electron chi connectivity index (χ0n) is 17.0. The quantitative estimate of drug-likeness (QED) is 0.261. The van der Waals surface area contributed by atoms with Crippen LogP contribution in [-0.4, -0.2) is 9.81 Å². The first-order valence-electron chi connectivity index (χ1n) is 10.5. The lowest BCUT2D eigenvalue weighted by Crippen LogP contribution is -1.96. The van der Waals surface area contributed by atoms with Gasteiger partial charge in [0.2, 0.25) is 5.24 Å². The molecular formula is C25H30ClNO. The zero-order chi connectivity index (χ0) is 19.9. The fourth-order valence-electron chi connectivity index (χ4n) is 3.91. The third-order valence-electron chi connectivity index (χ3n) is 5.40. The monoisotopic (exact) mass is 395 g/mol. The van der Waals surface area contributed by atoms with Gasteiger partial charge in [-0.2, -0.15) is 0 Å². The van der Waals surface area contributed by atoms with E-state index in [1.54, 1.807) is 0 Å². The second-order valence-electron chi connectivity index (χ2n) is 7.75. The summed E-state index contributed by atoms with van der Waals surface area (Å²) in [6.45, 7) is 5.34. The van der Waals surface area contributed by atoms with Gasteiger partial charge in [0, 0.05) is 30.1 Å². The number of aromatic nitrogens is 1. The standard InChI is InChI=1S/C25H30ClNO/c1-3-4-5-6-7-8-14-27-18-22(17-25(26)28)23-16-21(12-13-24(23)27)20-11-9-10-19(2)15-20/h9-13,15-16,18H,3-8,14,17H2,1-2H3. The highest BCUT2D eigenvalue weighted by Gasteiger charge is 2.12. The van der Waals surface area contributed by atoms with Gasteiger partial charge in [-0.05, 0) is 53.8 Å². The average molecular weight is 396 g/mol. The fourth-order valence-corrected chi connectivity index (χ4v) is 4.06. The summed E-state index contributed by atoms with van der Waals surface area (Å²) < 4.78 is 2.30. The Morgan fingerprint density at radius 2 is 1.71 bits per heavy atom. The number of fused-ring (bicyclic) bond motifs is 1. The van der Waals surface area contributed by atoms with Gasteiger partial charge in [0.15, 0.2) is 0 Å². The molecule has 0 bridgehead atoms. The van der Waals surface area contributed by atoms with E-state index < -0.39 is 0 Å². The van der Waals surface area contributed by atoms with Crippen molar-refractivity contribution in [1.29, 1.82) is 0 Å². The molecule has 1 heterocycles. The molecule has 0 radical (unpaired) electrons. The van der Waals surface area contributed by atoms with E-state index in [2.05, 4.69) is 67.1 Å². The number of benzene rings is 2. The third-order valence-corrected chi connectivity index (χ3v) is 5.53. The van der Waals surface area contributed by atoms with Gasteiger partial charge in [-0.1, -0.05) is 74.9 Å². The Morgan fingerprint density at radius 3 is 2.46 bits per heavy atom. The summed E-state index contributed by atoms with van der Waals surface area (Å²) in [5, 5.41) is 0.832. The highest BCUT2D eigenvalue weighted by molar-refractivity contribution is 6.63. The SMILES string of the molecule is CCCCCCCCn1cc(CC(=O)Cl)c2cc(-c3cccc(C)c3)ccc21. The van der Waals surface area contributed by atoms with E-state index >= 15 is 0 Å².